The summed E-state index contributed by atoms with van der Waals surface area (Å²) in [6.07, 6.45) is 0. The van der Waals surface area contributed by atoms with Crippen LogP contribution >= 0.6 is 34.0 Å². The summed E-state index contributed by atoms with van der Waals surface area (Å²) in [5.74, 6) is -3.64. The zero-order chi connectivity index (χ0) is 23.8. The fourth-order valence-corrected chi connectivity index (χ4v) is 5.29. The fraction of sp³-hybridized carbons (Fsp3) is 0.350. The van der Waals surface area contributed by atoms with Crippen LogP contribution in [0.4, 0.5) is 5.13 Å². The standard InChI is InChI=1S/C18H21N5OS3.C2H2O4/c1-13-11-27-18(19-13)21-16(24)9-22-4-6-23(7-5-22)10-17-20-14(12-26-17)15-3-2-8-25-15;3-1(4)2(5)6/h2-3,8,11-12H,4-7,9-10H2,1H3,(H,19,21,24);(H,3,4)(H,5,6). The molecule has 176 valence electrons. The van der Waals surface area contributed by atoms with Gasteiger partial charge in [-0.15, -0.1) is 34.0 Å². The van der Waals surface area contributed by atoms with E-state index in [4.69, 9.17) is 24.8 Å². The van der Waals surface area contributed by atoms with E-state index < -0.39 is 11.9 Å². The van der Waals surface area contributed by atoms with E-state index in [1.807, 2.05) is 12.3 Å². The molecule has 1 aliphatic heterocycles. The highest BCUT2D eigenvalue weighted by molar-refractivity contribution is 7.14. The van der Waals surface area contributed by atoms with Gasteiger partial charge in [-0.05, 0) is 18.4 Å². The van der Waals surface area contributed by atoms with E-state index in [9.17, 15) is 4.79 Å². The van der Waals surface area contributed by atoms with E-state index >= 15 is 0 Å². The Labute approximate surface area is 202 Å². The summed E-state index contributed by atoms with van der Waals surface area (Å²) in [5.41, 5.74) is 2.02. The topological polar surface area (TPSA) is 136 Å². The molecule has 13 heteroatoms. The molecule has 10 nitrogen and oxygen atoms in total. The summed E-state index contributed by atoms with van der Waals surface area (Å²) >= 11 is 4.92. The van der Waals surface area contributed by atoms with Crippen LogP contribution < -0.4 is 5.32 Å². The predicted octanol–water partition coefficient (Wildman–Crippen LogP) is 2.55. The second-order valence-electron chi connectivity index (χ2n) is 7.11. The number of carbonyl (C=O) groups excluding carboxylic acids is 1. The van der Waals surface area contributed by atoms with Crippen molar-refractivity contribution in [2.75, 3.05) is 38.0 Å². The molecule has 1 aliphatic rings. The quantitative estimate of drug-likeness (QED) is 0.428. The second-order valence-corrected chi connectivity index (χ2v) is 9.86. The molecule has 0 radical (unpaired) electrons. The average molecular weight is 510 g/mol. The number of nitrogens with zero attached hydrogens (tertiary/aromatic N) is 4. The van der Waals surface area contributed by atoms with E-state index in [1.165, 1.54) is 16.2 Å². The van der Waals surface area contributed by atoms with Crippen LogP contribution in [0.1, 0.15) is 10.7 Å². The molecule has 3 aromatic heterocycles. The number of thiophene rings is 1. The van der Waals surface area contributed by atoms with Gasteiger partial charge in [-0.25, -0.2) is 19.6 Å². The van der Waals surface area contributed by atoms with Crippen molar-refractivity contribution >= 4 is 57.0 Å². The van der Waals surface area contributed by atoms with Gasteiger partial charge >= 0.3 is 11.9 Å². The molecule has 1 amide bonds. The van der Waals surface area contributed by atoms with Crippen LogP contribution in [0.25, 0.3) is 10.6 Å². The molecule has 0 unspecified atom stereocenters. The van der Waals surface area contributed by atoms with Crippen LogP contribution in [0.2, 0.25) is 0 Å². The number of hydrogen-bond acceptors (Lipinski definition) is 10. The zero-order valence-corrected chi connectivity index (χ0v) is 20.2. The molecule has 0 aliphatic carbocycles. The molecule has 33 heavy (non-hydrogen) atoms. The highest BCUT2D eigenvalue weighted by Gasteiger charge is 2.20. The lowest BCUT2D eigenvalue weighted by Gasteiger charge is -2.33. The van der Waals surface area contributed by atoms with Gasteiger partial charge in [0.15, 0.2) is 5.13 Å². The Morgan fingerprint density at radius 1 is 1.00 bits per heavy atom. The molecule has 0 atom stereocenters. The van der Waals surface area contributed by atoms with E-state index in [2.05, 4.69) is 43.0 Å². The summed E-state index contributed by atoms with van der Waals surface area (Å²) in [6.45, 7) is 6.94. The van der Waals surface area contributed by atoms with E-state index in [0.29, 0.717) is 11.7 Å². The molecule has 0 aromatic carbocycles. The molecule has 1 saturated heterocycles. The number of rotatable bonds is 6. The van der Waals surface area contributed by atoms with Crippen molar-refractivity contribution in [3.05, 3.63) is 39.0 Å². The van der Waals surface area contributed by atoms with E-state index in [-0.39, 0.29) is 5.91 Å². The number of anilines is 1. The maximum atomic E-state index is 12.2. The molecule has 0 spiro atoms. The van der Waals surface area contributed by atoms with E-state index in [1.54, 1.807) is 22.7 Å². The Bertz CT molecular complexity index is 1060. The van der Waals surface area contributed by atoms with Crippen molar-refractivity contribution in [2.45, 2.75) is 13.5 Å². The lowest BCUT2D eigenvalue weighted by atomic mass is 10.3. The highest BCUT2D eigenvalue weighted by atomic mass is 32.1. The summed E-state index contributed by atoms with van der Waals surface area (Å²) in [6, 6.07) is 4.17. The summed E-state index contributed by atoms with van der Waals surface area (Å²) in [7, 11) is 0. The number of aromatic nitrogens is 2. The molecule has 0 bridgehead atoms. The first-order valence-corrected chi connectivity index (χ1v) is 12.5. The lowest BCUT2D eigenvalue weighted by Crippen LogP contribution is -2.48. The fourth-order valence-electron chi connectivity index (χ4n) is 2.99. The van der Waals surface area contributed by atoms with Crippen molar-refractivity contribution < 1.29 is 24.6 Å². The van der Waals surface area contributed by atoms with Gasteiger partial charge in [0.1, 0.15) is 5.01 Å². The van der Waals surface area contributed by atoms with Gasteiger partial charge in [0.2, 0.25) is 5.91 Å². The third-order valence-corrected chi connectivity index (χ3v) is 7.17. The Balaban J connectivity index is 0.000000454. The number of amides is 1. The number of carboxylic acid groups (broad SMARTS) is 2. The van der Waals surface area contributed by atoms with Gasteiger partial charge in [-0.3, -0.25) is 14.6 Å². The van der Waals surface area contributed by atoms with Crippen LogP contribution in [0.3, 0.4) is 0 Å². The first-order chi connectivity index (χ1) is 15.8. The van der Waals surface area contributed by atoms with Gasteiger partial charge in [-0.1, -0.05) is 6.07 Å². The number of piperazine rings is 1. The van der Waals surface area contributed by atoms with Crippen molar-refractivity contribution in [3.63, 3.8) is 0 Å². The molecule has 3 aromatic rings. The normalized spacial score (nSPS) is 14.3. The first kappa shape index (κ1) is 24.9. The Hall–Kier alpha value is -2.71. The minimum absolute atomic E-state index is 0.0123. The van der Waals surface area contributed by atoms with Crippen LogP contribution in [-0.2, 0) is 20.9 Å². The minimum Gasteiger partial charge on any atom is -0.473 e. The van der Waals surface area contributed by atoms with Crippen molar-refractivity contribution in [2.24, 2.45) is 0 Å². The van der Waals surface area contributed by atoms with Gasteiger partial charge in [0.25, 0.3) is 0 Å². The SMILES string of the molecule is Cc1csc(NC(=O)CN2CCN(Cc3nc(-c4cccs4)cs3)CC2)n1.O=C(O)C(=O)O. The predicted molar refractivity (Wildman–Crippen MR) is 128 cm³/mol. The summed E-state index contributed by atoms with van der Waals surface area (Å²) < 4.78 is 0. The maximum Gasteiger partial charge on any atom is 0.414 e. The van der Waals surface area contributed by atoms with Gasteiger partial charge < -0.3 is 15.5 Å². The van der Waals surface area contributed by atoms with E-state index in [0.717, 1.165) is 49.1 Å². The van der Waals surface area contributed by atoms with Crippen molar-refractivity contribution in [1.29, 1.82) is 0 Å². The zero-order valence-electron chi connectivity index (χ0n) is 17.8. The third kappa shape index (κ3) is 7.98. The second kappa shape index (κ2) is 12.0. The molecule has 4 rings (SSSR count). The molecule has 1 fully saturated rings. The van der Waals surface area contributed by atoms with Crippen molar-refractivity contribution in [3.8, 4) is 10.6 Å². The number of aryl methyl sites for hydroxylation is 1. The van der Waals surface area contributed by atoms with Gasteiger partial charge in [0, 0.05) is 36.9 Å². The number of carboxylic acids is 2. The Morgan fingerprint density at radius 3 is 2.27 bits per heavy atom. The number of thiazole rings is 2. The Kier molecular flexibility index (Phi) is 9.03. The number of nitrogens with one attached hydrogen (secondary N) is 1. The molecule has 4 heterocycles. The van der Waals surface area contributed by atoms with Crippen LogP contribution in [-0.4, -0.2) is 80.6 Å². The smallest absolute Gasteiger partial charge is 0.414 e. The first-order valence-electron chi connectivity index (χ1n) is 9.91. The largest absolute Gasteiger partial charge is 0.473 e. The van der Waals surface area contributed by atoms with Gasteiger partial charge in [0.05, 0.1) is 29.4 Å². The van der Waals surface area contributed by atoms with Crippen LogP contribution in [0.5, 0.6) is 0 Å². The number of aliphatic carboxylic acids is 2. The number of carbonyl (C=O) groups is 3. The van der Waals surface area contributed by atoms with Crippen LogP contribution in [0, 0.1) is 6.92 Å². The monoisotopic (exact) mass is 509 g/mol. The Morgan fingerprint density at radius 2 is 1.70 bits per heavy atom. The van der Waals surface area contributed by atoms with Crippen molar-refractivity contribution in [1.82, 2.24) is 19.8 Å². The average Bonchev–Trinajstić information content (AvgIpc) is 3.52. The van der Waals surface area contributed by atoms with Crippen LogP contribution in [0.15, 0.2) is 28.3 Å². The maximum absolute atomic E-state index is 12.2. The highest BCUT2D eigenvalue weighted by Crippen LogP contribution is 2.26. The molecular weight excluding hydrogens is 486 g/mol. The van der Waals surface area contributed by atoms with Gasteiger partial charge in [-0.2, -0.15) is 0 Å². The third-order valence-electron chi connectivity index (χ3n) is 4.56. The number of hydrogen-bond donors (Lipinski definition) is 3. The molecule has 3 N–H and O–H groups in total. The molecular formula is C20H23N5O5S3. The summed E-state index contributed by atoms with van der Waals surface area (Å²) in [5, 5.41) is 25.7. The molecule has 0 saturated carbocycles. The summed E-state index contributed by atoms with van der Waals surface area (Å²) in [4.78, 5) is 45.3. The lowest BCUT2D eigenvalue weighted by molar-refractivity contribution is -0.159. The minimum atomic E-state index is -1.82.